The van der Waals surface area contributed by atoms with E-state index in [1.54, 1.807) is 6.92 Å². The molecule has 0 amide bonds. The second-order valence-corrected chi connectivity index (χ2v) is 7.58. The highest BCUT2D eigenvalue weighted by Gasteiger charge is 2.18. The van der Waals surface area contributed by atoms with E-state index in [0.29, 0.717) is 5.56 Å². The van der Waals surface area contributed by atoms with Gasteiger partial charge in [0.2, 0.25) is 10.0 Å². The molecule has 0 bridgehead atoms. The van der Waals surface area contributed by atoms with Gasteiger partial charge >= 0.3 is 5.97 Å². The van der Waals surface area contributed by atoms with Crippen molar-refractivity contribution in [2.75, 3.05) is 12.0 Å². The van der Waals surface area contributed by atoms with Crippen LogP contribution in [0, 0.1) is 0 Å². The summed E-state index contributed by atoms with van der Waals surface area (Å²) in [6.07, 6.45) is 6.14. The molecule has 9 heteroatoms. The maximum atomic E-state index is 12.1. The van der Waals surface area contributed by atoms with Crippen LogP contribution in [0.25, 0.3) is 6.08 Å². The van der Waals surface area contributed by atoms with E-state index >= 15 is 0 Å². The summed E-state index contributed by atoms with van der Waals surface area (Å²) >= 11 is 0. The summed E-state index contributed by atoms with van der Waals surface area (Å²) in [4.78, 5) is 14.1. The summed E-state index contributed by atoms with van der Waals surface area (Å²) in [6, 6.07) is 0.823. The van der Waals surface area contributed by atoms with Crippen molar-refractivity contribution in [1.29, 1.82) is 0 Å². The molecule has 21 heavy (non-hydrogen) atoms. The van der Waals surface area contributed by atoms with E-state index in [9.17, 15) is 17.4 Å². The number of carboxylic acid groups (broad SMARTS) is 1. The first-order valence-corrected chi connectivity index (χ1v) is 9.10. The fourth-order valence-corrected chi connectivity index (χ4v) is 3.69. The summed E-state index contributed by atoms with van der Waals surface area (Å²) in [5, 5.41) is 8.54. The predicted octanol–water partition coefficient (Wildman–Crippen LogP) is 0.225. The van der Waals surface area contributed by atoms with Gasteiger partial charge in [-0.1, -0.05) is 0 Å². The molecule has 0 aliphatic heterocycles. The van der Waals surface area contributed by atoms with Crippen LogP contribution in [0.15, 0.2) is 29.4 Å². The summed E-state index contributed by atoms with van der Waals surface area (Å²) in [7, 11) is -4.91. The first-order valence-electron chi connectivity index (χ1n) is 5.89. The van der Waals surface area contributed by atoms with Gasteiger partial charge in [-0.05, 0) is 24.6 Å². The zero-order valence-electron chi connectivity index (χ0n) is 11.5. The smallest absolute Gasteiger partial charge is 0.328 e. The van der Waals surface area contributed by atoms with Crippen LogP contribution in [0.3, 0.4) is 0 Å². The lowest BCUT2D eigenvalue weighted by molar-refractivity contribution is -0.131. The van der Waals surface area contributed by atoms with Crippen LogP contribution in [0.5, 0.6) is 0 Å². The van der Waals surface area contributed by atoms with Crippen molar-refractivity contribution in [2.24, 2.45) is 0 Å². The maximum Gasteiger partial charge on any atom is 0.328 e. The normalized spacial score (nSPS) is 15.0. The highest BCUT2D eigenvalue weighted by molar-refractivity contribution is 7.89. The summed E-state index contributed by atoms with van der Waals surface area (Å²) in [5.74, 6) is -0.939. The number of nitrogens with one attached hydrogen (secondary N) is 1. The van der Waals surface area contributed by atoms with Crippen molar-refractivity contribution >= 4 is 32.9 Å². The first kappa shape index (κ1) is 17.5. The minimum Gasteiger partial charge on any atom is -0.478 e. The Labute approximate surface area is 125 Å². The molecule has 116 valence electrons. The van der Waals surface area contributed by atoms with Crippen molar-refractivity contribution < 1.29 is 22.5 Å². The van der Waals surface area contributed by atoms with Gasteiger partial charge in [0.15, 0.2) is 0 Å². The van der Waals surface area contributed by atoms with Crippen LogP contribution in [0.2, 0.25) is 0 Å². The number of nitrogens with zero attached hydrogens (tertiary/aromatic N) is 1. The third-order valence-corrected chi connectivity index (χ3v) is 4.83. The molecule has 0 fully saturated rings. The predicted molar refractivity (Wildman–Crippen MR) is 79.6 cm³/mol. The summed E-state index contributed by atoms with van der Waals surface area (Å²) < 4.78 is 37.7. The first-order chi connectivity index (χ1) is 9.70. The standard InChI is InChI=1S/C12H16N2O5S2/c1-9(8-20(2)17)14-21(18,19)11-5-10(6-13-7-11)3-4-12(15)16/h3-7,9,14H,8H2,1-2H3,(H,15,16)/b4-3+. The number of hydrogen-bond acceptors (Lipinski definition) is 5. The molecule has 2 atom stereocenters. The number of pyridine rings is 1. The Kier molecular flexibility index (Phi) is 6.19. The molecular weight excluding hydrogens is 316 g/mol. The Morgan fingerprint density at radius 3 is 2.76 bits per heavy atom. The number of aliphatic carboxylic acids is 1. The molecule has 1 rings (SSSR count). The zero-order chi connectivity index (χ0) is 16.0. The lowest BCUT2D eigenvalue weighted by Gasteiger charge is -2.12. The molecule has 0 saturated heterocycles. The second-order valence-electron chi connectivity index (χ2n) is 4.39. The SMILES string of the molecule is CC(CS(C)=O)NS(=O)(=O)c1cncc(/C=C/C(=O)O)c1. The van der Waals surface area contributed by atoms with Crippen LogP contribution in [-0.2, 0) is 25.6 Å². The average molecular weight is 332 g/mol. The molecule has 2 N–H and O–H groups in total. The van der Waals surface area contributed by atoms with Crippen LogP contribution in [0.1, 0.15) is 12.5 Å². The molecule has 0 saturated carbocycles. The number of carboxylic acids is 1. The monoisotopic (exact) mass is 332 g/mol. The van der Waals surface area contributed by atoms with E-state index < -0.39 is 32.8 Å². The Hall–Kier alpha value is -1.58. The molecule has 1 aromatic rings. The largest absolute Gasteiger partial charge is 0.478 e. The number of hydrogen-bond donors (Lipinski definition) is 2. The number of carbonyl (C=O) groups is 1. The van der Waals surface area contributed by atoms with Gasteiger partial charge in [0.1, 0.15) is 4.90 Å². The Morgan fingerprint density at radius 1 is 1.52 bits per heavy atom. The van der Waals surface area contributed by atoms with Crippen molar-refractivity contribution in [3.63, 3.8) is 0 Å². The molecule has 0 radical (unpaired) electrons. The highest BCUT2D eigenvalue weighted by Crippen LogP contribution is 2.11. The Morgan fingerprint density at radius 2 is 2.19 bits per heavy atom. The molecule has 1 aromatic heterocycles. The van der Waals surface area contributed by atoms with Gasteiger partial charge in [0.25, 0.3) is 0 Å². The van der Waals surface area contributed by atoms with Crippen molar-refractivity contribution in [2.45, 2.75) is 17.9 Å². The van der Waals surface area contributed by atoms with E-state index in [2.05, 4.69) is 9.71 Å². The molecule has 1 heterocycles. The number of rotatable bonds is 7. The van der Waals surface area contributed by atoms with Crippen LogP contribution < -0.4 is 4.72 Å². The fourth-order valence-electron chi connectivity index (χ4n) is 1.56. The van der Waals surface area contributed by atoms with E-state index in [-0.39, 0.29) is 10.6 Å². The molecule has 7 nitrogen and oxygen atoms in total. The average Bonchev–Trinajstić information content (AvgIpc) is 2.35. The maximum absolute atomic E-state index is 12.1. The zero-order valence-corrected chi connectivity index (χ0v) is 13.1. The van der Waals surface area contributed by atoms with Gasteiger partial charge < -0.3 is 5.11 Å². The topological polar surface area (TPSA) is 113 Å². The third-order valence-electron chi connectivity index (χ3n) is 2.30. The van der Waals surface area contributed by atoms with Crippen molar-refractivity contribution in [3.05, 3.63) is 30.1 Å². The van der Waals surface area contributed by atoms with Gasteiger partial charge in [-0.2, -0.15) is 0 Å². The Bertz CT molecular complexity index is 670. The number of aromatic nitrogens is 1. The molecule has 0 aromatic carbocycles. The van der Waals surface area contributed by atoms with Gasteiger partial charge in [0.05, 0.1) is 0 Å². The van der Waals surface area contributed by atoms with Gasteiger partial charge in [0, 0.05) is 47.3 Å². The van der Waals surface area contributed by atoms with E-state index in [0.717, 1.165) is 12.3 Å². The Balaban J connectivity index is 2.96. The number of sulfonamides is 1. The van der Waals surface area contributed by atoms with Crippen molar-refractivity contribution in [3.8, 4) is 0 Å². The van der Waals surface area contributed by atoms with Crippen LogP contribution in [-0.4, -0.2) is 46.7 Å². The van der Waals surface area contributed by atoms with Crippen LogP contribution >= 0.6 is 0 Å². The highest BCUT2D eigenvalue weighted by atomic mass is 32.2. The minimum atomic E-state index is -3.79. The second kappa shape index (κ2) is 7.43. The minimum absolute atomic E-state index is 0.0798. The van der Waals surface area contributed by atoms with Crippen LogP contribution in [0.4, 0.5) is 0 Å². The van der Waals surface area contributed by atoms with E-state index in [4.69, 9.17) is 5.11 Å². The van der Waals surface area contributed by atoms with Gasteiger partial charge in [-0.25, -0.2) is 17.9 Å². The lowest BCUT2D eigenvalue weighted by atomic mass is 10.2. The fraction of sp³-hybridized carbons (Fsp3) is 0.333. The van der Waals surface area contributed by atoms with Crippen molar-refractivity contribution in [1.82, 2.24) is 9.71 Å². The van der Waals surface area contributed by atoms with Gasteiger partial charge in [-0.3, -0.25) is 9.19 Å². The quantitative estimate of drug-likeness (QED) is 0.691. The lowest BCUT2D eigenvalue weighted by Crippen LogP contribution is -2.36. The molecule has 0 aliphatic rings. The third kappa shape index (κ3) is 6.15. The molecule has 0 aliphatic carbocycles. The van der Waals surface area contributed by atoms with E-state index in [1.165, 1.54) is 24.6 Å². The van der Waals surface area contributed by atoms with Gasteiger partial charge in [-0.15, -0.1) is 0 Å². The summed E-state index contributed by atoms with van der Waals surface area (Å²) in [5.41, 5.74) is 0.354. The molecule has 2 unspecified atom stereocenters. The van der Waals surface area contributed by atoms with E-state index in [1.807, 2.05) is 0 Å². The molecule has 0 spiro atoms. The molecular formula is C12H16N2O5S2. The summed E-state index contributed by atoms with van der Waals surface area (Å²) in [6.45, 7) is 1.61.